The predicted octanol–water partition coefficient (Wildman–Crippen LogP) is 2.44. The van der Waals surface area contributed by atoms with E-state index in [0.29, 0.717) is 19.4 Å². The average Bonchev–Trinajstić information content (AvgIpc) is 3.37. The highest BCUT2D eigenvalue weighted by Crippen LogP contribution is 2.29. The lowest BCUT2D eigenvalue weighted by Gasteiger charge is -2.27. The molecule has 1 fully saturated rings. The summed E-state index contributed by atoms with van der Waals surface area (Å²) >= 11 is 0. The first kappa shape index (κ1) is 29.0. The van der Waals surface area contributed by atoms with Crippen molar-refractivity contribution in [2.45, 2.75) is 77.6 Å². The van der Waals surface area contributed by atoms with E-state index < -0.39 is 41.4 Å². The van der Waals surface area contributed by atoms with Gasteiger partial charge in [-0.2, -0.15) is 0 Å². The van der Waals surface area contributed by atoms with E-state index in [-0.39, 0.29) is 29.8 Å². The number of carbonyl (C=O) groups is 4. The van der Waals surface area contributed by atoms with Gasteiger partial charge in [-0.05, 0) is 37.2 Å². The first-order valence-corrected chi connectivity index (χ1v) is 13.0. The summed E-state index contributed by atoms with van der Waals surface area (Å²) in [5.74, 6) is -1.53. The Morgan fingerprint density at radius 3 is 2.00 bits per heavy atom. The van der Waals surface area contributed by atoms with E-state index in [1.54, 1.807) is 6.92 Å². The predicted molar refractivity (Wildman–Crippen MR) is 140 cm³/mol. The monoisotopic (exact) mass is 526 g/mol. The summed E-state index contributed by atoms with van der Waals surface area (Å²) in [6, 6.07) is 8.05. The van der Waals surface area contributed by atoms with Crippen LogP contribution in [0.1, 0.15) is 63.6 Å². The second-order valence-electron chi connectivity index (χ2n) is 10.9. The van der Waals surface area contributed by atoms with Gasteiger partial charge in [-0.1, -0.05) is 63.2 Å². The summed E-state index contributed by atoms with van der Waals surface area (Å²) in [7, 11) is 0. The molecule has 0 bridgehead atoms. The van der Waals surface area contributed by atoms with Crippen LogP contribution in [-0.4, -0.2) is 59.0 Å². The Hall–Kier alpha value is -3.53. The van der Waals surface area contributed by atoms with Gasteiger partial charge in [0.2, 0.25) is 17.6 Å². The molecule has 3 rings (SSSR count). The molecule has 1 aromatic heterocycles. The van der Waals surface area contributed by atoms with Crippen molar-refractivity contribution in [2.24, 2.45) is 11.8 Å². The molecule has 1 aliphatic rings. The Balaban J connectivity index is 1.80. The normalized spacial score (nSPS) is 18.9. The van der Waals surface area contributed by atoms with Crippen LogP contribution in [0.15, 0.2) is 47.1 Å². The van der Waals surface area contributed by atoms with Crippen LogP contribution in [0.4, 0.5) is 0 Å². The van der Waals surface area contributed by atoms with Crippen LogP contribution in [-0.2, 0) is 25.5 Å². The fraction of sp³-hybridized carbons (Fsp3) is 0.536. The lowest BCUT2D eigenvalue weighted by molar-refractivity contribution is -0.133. The number of aromatic nitrogens is 1. The molecule has 1 aliphatic heterocycles. The van der Waals surface area contributed by atoms with Crippen molar-refractivity contribution in [1.29, 1.82) is 0 Å². The van der Waals surface area contributed by atoms with Gasteiger partial charge in [0, 0.05) is 12.5 Å². The van der Waals surface area contributed by atoms with Crippen molar-refractivity contribution in [1.82, 2.24) is 21.1 Å². The zero-order valence-electron chi connectivity index (χ0n) is 22.7. The molecule has 1 saturated heterocycles. The highest BCUT2D eigenvalue weighted by molar-refractivity contribution is 5.99. The minimum absolute atomic E-state index is 0.0176. The molecule has 0 radical (unpaired) electrons. The van der Waals surface area contributed by atoms with Gasteiger partial charge < -0.3 is 25.2 Å². The molecule has 3 N–H and O–H groups in total. The van der Waals surface area contributed by atoms with Crippen LogP contribution in [0.25, 0.3) is 0 Å². The van der Waals surface area contributed by atoms with Crippen LogP contribution >= 0.6 is 0 Å². The summed E-state index contributed by atoms with van der Waals surface area (Å²) in [6.07, 6.45) is 2.34. The number of ketones is 1. The number of hydrogen-bond donors (Lipinski definition) is 3. The molecule has 38 heavy (non-hydrogen) atoms. The lowest BCUT2D eigenvalue weighted by atomic mass is 9.93. The number of Topliss-reactive ketones (excluding diaryl/α,β-unsaturated/α-hetero) is 1. The SMILES string of the molecule is CC(C)C[C@H](NC(=O)c1ccno1)C(=O)N[C@@H](Cc1ccccc1)C(=O)N[C@@H](CC(C)C)C(=O)[C@@]1(C)CO1. The van der Waals surface area contributed by atoms with Crippen LogP contribution in [0.3, 0.4) is 0 Å². The third-order valence-corrected chi connectivity index (χ3v) is 6.34. The van der Waals surface area contributed by atoms with Crippen LogP contribution in [0.5, 0.6) is 0 Å². The Morgan fingerprint density at radius 1 is 0.868 bits per heavy atom. The fourth-order valence-corrected chi connectivity index (χ4v) is 4.19. The van der Waals surface area contributed by atoms with Crippen LogP contribution in [0, 0.1) is 11.8 Å². The van der Waals surface area contributed by atoms with Crippen molar-refractivity contribution in [3.8, 4) is 0 Å². The fourth-order valence-electron chi connectivity index (χ4n) is 4.19. The van der Waals surface area contributed by atoms with Gasteiger partial charge in [0.05, 0.1) is 18.8 Å². The van der Waals surface area contributed by atoms with E-state index in [2.05, 4.69) is 21.1 Å². The van der Waals surface area contributed by atoms with Crippen molar-refractivity contribution in [2.75, 3.05) is 6.61 Å². The summed E-state index contributed by atoms with van der Waals surface area (Å²) in [5.41, 5.74) is -0.0541. The van der Waals surface area contributed by atoms with E-state index in [1.165, 1.54) is 12.3 Å². The molecule has 2 heterocycles. The van der Waals surface area contributed by atoms with E-state index in [4.69, 9.17) is 9.26 Å². The molecule has 0 aliphatic carbocycles. The zero-order valence-corrected chi connectivity index (χ0v) is 22.7. The standard InChI is InChI=1S/C28H38N4O6/c1-17(2)13-20(24(33)28(5)16-37-28)30-26(35)22(15-19-9-7-6-8-10-19)31-25(34)21(14-18(3)4)32-27(36)23-11-12-29-38-23/h6-12,17-18,20-22H,13-16H2,1-5H3,(H,30,35)(H,31,34)(H,32,36)/t20-,21-,22-,28+/m0/s1. The first-order valence-electron chi connectivity index (χ1n) is 13.0. The maximum absolute atomic E-state index is 13.6. The number of hydrogen-bond acceptors (Lipinski definition) is 7. The molecule has 10 nitrogen and oxygen atoms in total. The molecule has 2 aromatic rings. The Morgan fingerprint density at radius 2 is 1.45 bits per heavy atom. The number of rotatable bonds is 14. The van der Waals surface area contributed by atoms with Crippen LogP contribution in [0.2, 0.25) is 0 Å². The molecule has 10 heteroatoms. The maximum Gasteiger partial charge on any atom is 0.290 e. The smallest absolute Gasteiger partial charge is 0.290 e. The number of nitrogens with zero attached hydrogens (tertiary/aromatic N) is 1. The second-order valence-corrected chi connectivity index (χ2v) is 10.9. The largest absolute Gasteiger partial charge is 0.361 e. The van der Waals surface area contributed by atoms with Gasteiger partial charge in [0.1, 0.15) is 17.7 Å². The van der Waals surface area contributed by atoms with Gasteiger partial charge in [-0.3, -0.25) is 19.2 Å². The van der Waals surface area contributed by atoms with E-state index in [0.717, 1.165) is 5.56 Å². The van der Waals surface area contributed by atoms with Crippen molar-refractivity contribution < 1.29 is 28.4 Å². The van der Waals surface area contributed by atoms with E-state index >= 15 is 0 Å². The number of epoxide rings is 1. The van der Waals surface area contributed by atoms with E-state index in [1.807, 2.05) is 58.0 Å². The summed E-state index contributed by atoms with van der Waals surface area (Å²) in [6.45, 7) is 9.84. The van der Waals surface area contributed by atoms with Gasteiger partial charge in [-0.25, -0.2) is 0 Å². The molecule has 206 valence electrons. The number of carbonyl (C=O) groups excluding carboxylic acids is 4. The third kappa shape index (κ3) is 8.24. The van der Waals surface area contributed by atoms with Crippen molar-refractivity contribution in [3.05, 3.63) is 53.9 Å². The van der Waals surface area contributed by atoms with E-state index in [9.17, 15) is 19.2 Å². The third-order valence-electron chi connectivity index (χ3n) is 6.34. The highest BCUT2D eigenvalue weighted by atomic mass is 16.6. The Labute approximate surface area is 223 Å². The van der Waals surface area contributed by atoms with Crippen molar-refractivity contribution in [3.63, 3.8) is 0 Å². The Bertz CT molecular complexity index is 1100. The van der Waals surface area contributed by atoms with Gasteiger partial charge in [0.15, 0.2) is 5.78 Å². The molecule has 3 amide bonds. The average molecular weight is 527 g/mol. The number of benzene rings is 1. The van der Waals surface area contributed by atoms with Gasteiger partial charge in [0.25, 0.3) is 5.91 Å². The highest BCUT2D eigenvalue weighted by Gasteiger charge is 2.50. The topological polar surface area (TPSA) is 143 Å². The summed E-state index contributed by atoms with van der Waals surface area (Å²) in [4.78, 5) is 52.6. The molecule has 0 spiro atoms. The summed E-state index contributed by atoms with van der Waals surface area (Å²) < 4.78 is 10.2. The minimum Gasteiger partial charge on any atom is -0.361 e. The lowest BCUT2D eigenvalue weighted by Crippen LogP contribution is -2.57. The quantitative estimate of drug-likeness (QED) is 0.321. The number of ether oxygens (including phenoxy) is 1. The van der Waals surface area contributed by atoms with Gasteiger partial charge in [-0.15, -0.1) is 0 Å². The molecule has 1 aromatic carbocycles. The van der Waals surface area contributed by atoms with Crippen LogP contribution < -0.4 is 16.0 Å². The molecular formula is C28H38N4O6. The molecule has 4 atom stereocenters. The molecular weight excluding hydrogens is 488 g/mol. The first-order chi connectivity index (χ1) is 18.0. The zero-order chi connectivity index (χ0) is 27.9. The molecule has 0 unspecified atom stereocenters. The number of nitrogens with one attached hydrogen (secondary N) is 3. The summed E-state index contributed by atoms with van der Waals surface area (Å²) in [5, 5.41) is 11.9. The second kappa shape index (κ2) is 12.8. The van der Waals surface area contributed by atoms with Gasteiger partial charge >= 0.3 is 0 Å². The minimum atomic E-state index is -0.975. The Kier molecular flexibility index (Phi) is 9.79. The maximum atomic E-state index is 13.6. The number of amides is 3. The van der Waals surface area contributed by atoms with Crippen molar-refractivity contribution >= 4 is 23.5 Å². The molecule has 0 saturated carbocycles.